The Balaban J connectivity index is 1.53. The van der Waals surface area contributed by atoms with E-state index < -0.39 is 19.2 Å². The topological polar surface area (TPSA) is 151 Å². The molecule has 174 valence electrons. The summed E-state index contributed by atoms with van der Waals surface area (Å²) in [5, 5.41) is 0. The number of hydrogen-bond acceptors (Lipinski definition) is 9. The summed E-state index contributed by atoms with van der Waals surface area (Å²) in [5.74, 6) is -0.221. The highest BCUT2D eigenvalue weighted by molar-refractivity contribution is 7.33. The zero-order chi connectivity index (χ0) is 23.6. The number of ether oxygens (including phenoxy) is 1. The SMILES string of the molecule is CC(C)C(=O)OC[C@@]1(CO[PH](=O)Oc2ccccc2)C/C1=C/n1cnc2c(=O)[nH]c(N)nc21. The predicted octanol–water partition coefficient (Wildman–Crippen LogP) is 2.62. The lowest BCUT2D eigenvalue weighted by atomic mass is 10.1. The number of rotatable bonds is 9. The molecular weight excluding hydrogens is 449 g/mol. The molecule has 3 aromatic rings. The third kappa shape index (κ3) is 5.15. The number of hydrogen-bond donors (Lipinski definition) is 2. The fourth-order valence-electron chi connectivity index (χ4n) is 3.22. The second kappa shape index (κ2) is 9.21. The van der Waals surface area contributed by atoms with Crippen molar-refractivity contribution in [3.63, 3.8) is 0 Å². The Hall–Kier alpha value is -3.43. The summed E-state index contributed by atoms with van der Waals surface area (Å²) in [6, 6.07) is 8.71. The molecule has 4 rings (SSSR count). The largest absolute Gasteiger partial charge is 0.464 e. The van der Waals surface area contributed by atoms with Gasteiger partial charge in [-0.15, -0.1) is 0 Å². The molecule has 0 amide bonds. The summed E-state index contributed by atoms with van der Waals surface area (Å²) in [4.78, 5) is 34.7. The number of nitrogens with zero attached hydrogens (tertiary/aromatic N) is 3. The molecule has 1 aromatic carbocycles. The van der Waals surface area contributed by atoms with E-state index in [2.05, 4.69) is 15.0 Å². The molecular formula is C21H24N5O6P. The second-order valence-corrected chi connectivity index (χ2v) is 9.10. The van der Waals surface area contributed by atoms with Crippen LogP contribution in [0.4, 0.5) is 5.95 Å². The van der Waals surface area contributed by atoms with Gasteiger partial charge >= 0.3 is 14.2 Å². The van der Waals surface area contributed by atoms with Crippen molar-refractivity contribution in [2.45, 2.75) is 20.3 Å². The van der Waals surface area contributed by atoms with Crippen molar-refractivity contribution in [2.24, 2.45) is 11.3 Å². The molecule has 0 saturated heterocycles. The number of esters is 1. The van der Waals surface area contributed by atoms with E-state index in [1.54, 1.807) is 48.9 Å². The minimum Gasteiger partial charge on any atom is -0.464 e. The van der Waals surface area contributed by atoms with E-state index in [9.17, 15) is 14.2 Å². The average Bonchev–Trinajstić information content (AvgIpc) is 3.31. The maximum atomic E-state index is 12.3. The number of H-pyrrole nitrogens is 1. The monoisotopic (exact) mass is 473 g/mol. The fraction of sp³-hybridized carbons (Fsp3) is 0.333. The molecule has 1 aliphatic rings. The number of nitrogen functional groups attached to an aromatic ring is 1. The van der Waals surface area contributed by atoms with Crippen LogP contribution in [-0.4, -0.2) is 38.7 Å². The van der Waals surface area contributed by atoms with Crippen molar-refractivity contribution < 1.29 is 23.1 Å². The molecule has 1 fully saturated rings. The maximum absolute atomic E-state index is 12.3. The minimum absolute atomic E-state index is 0.0254. The molecule has 2 atom stereocenters. The number of anilines is 1. The van der Waals surface area contributed by atoms with Crippen molar-refractivity contribution in [3.8, 4) is 5.75 Å². The quantitative estimate of drug-likeness (QED) is 0.353. The van der Waals surface area contributed by atoms with E-state index in [1.165, 1.54) is 6.33 Å². The Kier molecular flexibility index (Phi) is 6.35. The van der Waals surface area contributed by atoms with Crippen LogP contribution in [0.2, 0.25) is 0 Å². The predicted molar refractivity (Wildman–Crippen MR) is 122 cm³/mol. The van der Waals surface area contributed by atoms with Crippen LogP contribution >= 0.6 is 8.25 Å². The number of benzene rings is 1. The van der Waals surface area contributed by atoms with Gasteiger partial charge in [-0.25, -0.2) is 9.55 Å². The number of carbonyl (C=O) groups excluding carboxylic acids is 1. The van der Waals surface area contributed by atoms with E-state index in [4.69, 9.17) is 19.5 Å². The van der Waals surface area contributed by atoms with Gasteiger partial charge in [-0.05, 0) is 24.1 Å². The van der Waals surface area contributed by atoms with E-state index >= 15 is 0 Å². The highest BCUT2D eigenvalue weighted by atomic mass is 31.1. The van der Waals surface area contributed by atoms with E-state index in [1.807, 2.05) is 6.07 Å². The lowest BCUT2D eigenvalue weighted by molar-refractivity contribution is -0.149. The van der Waals surface area contributed by atoms with E-state index in [-0.39, 0.29) is 36.6 Å². The first-order chi connectivity index (χ1) is 15.8. The first-order valence-corrected chi connectivity index (χ1v) is 11.5. The number of carbonyl (C=O) groups is 1. The Morgan fingerprint density at radius 3 is 2.82 bits per heavy atom. The standard InChI is InChI=1S/C21H24N5O6P/c1-13(2)19(28)30-10-21(11-31-33(29)32-15-6-4-3-5-7-15)8-14(21)9-26-12-23-16-17(26)24-20(22)25-18(16)27/h3-7,9,12-13,33H,8,10-11H2,1-2H3,(H3,22,24,25,27)/b14-9-/t21-/m1/s1. The number of imidazole rings is 1. The van der Waals surface area contributed by atoms with Crippen LogP contribution in [-0.2, 0) is 18.6 Å². The van der Waals surface area contributed by atoms with Crippen molar-refractivity contribution in [1.82, 2.24) is 19.5 Å². The van der Waals surface area contributed by atoms with Gasteiger partial charge in [0.1, 0.15) is 18.7 Å². The van der Waals surface area contributed by atoms with Crippen molar-refractivity contribution >= 4 is 37.5 Å². The minimum atomic E-state index is -2.83. The van der Waals surface area contributed by atoms with Crippen molar-refractivity contribution in [1.29, 1.82) is 0 Å². The van der Waals surface area contributed by atoms with Crippen molar-refractivity contribution in [3.05, 3.63) is 52.6 Å². The molecule has 1 aliphatic carbocycles. The number of nitrogens with one attached hydrogen (secondary N) is 1. The molecule has 0 aliphatic heterocycles. The van der Waals surface area contributed by atoms with E-state index in [0.29, 0.717) is 17.8 Å². The molecule has 1 unspecified atom stereocenters. The Morgan fingerprint density at radius 2 is 2.09 bits per heavy atom. The lowest BCUT2D eigenvalue weighted by Crippen LogP contribution is -2.22. The van der Waals surface area contributed by atoms with Crippen LogP contribution in [0.1, 0.15) is 20.3 Å². The van der Waals surface area contributed by atoms with Gasteiger partial charge < -0.3 is 19.5 Å². The number of aromatic nitrogens is 4. The number of fused-ring (bicyclic) bond motifs is 1. The van der Waals surface area contributed by atoms with Gasteiger partial charge in [0.2, 0.25) is 5.95 Å². The molecule has 0 radical (unpaired) electrons. The number of nitrogens with two attached hydrogens (primary N) is 1. The van der Waals surface area contributed by atoms with Crippen LogP contribution in [0.15, 0.2) is 47.0 Å². The van der Waals surface area contributed by atoms with Gasteiger partial charge in [-0.3, -0.25) is 19.1 Å². The molecule has 1 saturated carbocycles. The van der Waals surface area contributed by atoms with Crippen LogP contribution in [0.25, 0.3) is 17.4 Å². The Morgan fingerprint density at radius 1 is 1.33 bits per heavy atom. The average molecular weight is 473 g/mol. The molecule has 0 spiro atoms. The molecule has 11 nitrogen and oxygen atoms in total. The van der Waals surface area contributed by atoms with Crippen LogP contribution in [0, 0.1) is 11.3 Å². The van der Waals surface area contributed by atoms with Gasteiger partial charge in [0.05, 0.1) is 17.9 Å². The van der Waals surface area contributed by atoms with Gasteiger partial charge in [0, 0.05) is 6.20 Å². The van der Waals surface area contributed by atoms with Gasteiger partial charge in [-0.1, -0.05) is 32.0 Å². The van der Waals surface area contributed by atoms with Crippen LogP contribution < -0.4 is 15.8 Å². The molecule has 33 heavy (non-hydrogen) atoms. The highest BCUT2D eigenvalue weighted by Gasteiger charge is 2.51. The zero-order valence-electron chi connectivity index (χ0n) is 18.1. The van der Waals surface area contributed by atoms with Crippen molar-refractivity contribution in [2.75, 3.05) is 18.9 Å². The second-order valence-electron chi connectivity index (χ2n) is 8.10. The van der Waals surface area contributed by atoms with Gasteiger partial charge in [0.25, 0.3) is 5.56 Å². The summed E-state index contributed by atoms with van der Waals surface area (Å²) in [6.45, 7) is 3.57. The normalized spacial score (nSPS) is 19.7. The smallest absolute Gasteiger partial charge is 0.367 e. The van der Waals surface area contributed by atoms with E-state index in [0.717, 1.165) is 5.57 Å². The molecule has 2 heterocycles. The molecule has 2 aromatic heterocycles. The third-order valence-corrected chi connectivity index (χ3v) is 5.99. The third-order valence-electron chi connectivity index (χ3n) is 5.20. The summed E-state index contributed by atoms with van der Waals surface area (Å²) in [6.07, 6.45) is 3.71. The van der Waals surface area contributed by atoms with Gasteiger partial charge in [0.15, 0.2) is 11.2 Å². The van der Waals surface area contributed by atoms with Crippen LogP contribution in [0.3, 0.4) is 0 Å². The zero-order valence-corrected chi connectivity index (χ0v) is 19.1. The Labute approximate surface area is 189 Å². The summed E-state index contributed by atoms with van der Waals surface area (Å²) in [7, 11) is -2.83. The number of para-hydroxylation sites is 1. The molecule has 3 N–H and O–H groups in total. The summed E-state index contributed by atoms with van der Waals surface area (Å²) < 4.78 is 30.2. The Bertz CT molecular complexity index is 1290. The van der Waals surface area contributed by atoms with Crippen LogP contribution in [0.5, 0.6) is 5.75 Å². The lowest BCUT2D eigenvalue weighted by Gasteiger charge is -2.16. The molecule has 12 heteroatoms. The number of aromatic amines is 1. The maximum Gasteiger partial charge on any atom is 0.367 e. The first kappa shape index (κ1) is 22.8. The summed E-state index contributed by atoms with van der Waals surface area (Å²) in [5.41, 5.74) is 5.84. The van der Waals surface area contributed by atoms with Gasteiger partial charge in [-0.2, -0.15) is 4.98 Å². The fourth-order valence-corrected chi connectivity index (χ4v) is 4.01. The molecule has 0 bridgehead atoms. The summed E-state index contributed by atoms with van der Waals surface area (Å²) >= 11 is 0. The highest BCUT2D eigenvalue weighted by Crippen LogP contribution is 2.54. The first-order valence-electron chi connectivity index (χ1n) is 10.3.